The second-order valence-corrected chi connectivity index (χ2v) is 7.84. The van der Waals surface area contributed by atoms with Gasteiger partial charge in [0.05, 0.1) is 34.5 Å². The third kappa shape index (κ3) is 3.72. The molecule has 1 aliphatic rings. The topological polar surface area (TPSA) is 79.7 Å². The van der Waals surface area contributed by atoms with Crippen LogP contribution < -0.4 is 9.64 Å². The first-order chi connectivity index (χ1) is 14.0. The van der Waals surface area contributed by atoms with E-state index in [0.29, 0.717) is 20.6 Å². The third-order valence-corrected chi connectivity index (χ3v) is 5.64. The third-order valence-electron chi connectivity index (χ3n) is 4.34. The number of carbonyl (C=O) groups is 2. The van der Waals surface area contributed by atoms with E-state index in [9.17, 15) is 14.7 Å². The maximum absolute atomic E-state index is 12.9. The summed E-state index contributed by atoms with van der Waals surface area (Å²) in [5.74, 6) is -0.625. The van der Waals surface area contributed by atoms with Crippen molar-refractivity contribution in [2.24, 2.45) is 0 Å². The smallest absolute Gasteiger partial charge is 0.335 e. The van der Waals surface area contributed by atoms with Crippen LogP contribution in [0.15, 0.2) is 59.5 Å². The van der Waals surface area contributed by atoms with Crippen LogP contribution >= 0.6 is 24.0 Å². The number of nitrogens with zero attached hydrogens (tertiary/aromatic N) is 2. The van der Waals surface area contributed by atoms with Crippen molar-refractivity contribution in [2.45, 2.75) is 0 Å². The van der Waals surface area contributed by atoms with E-state index < -0.39 is 5.97 Å². The molecule has 0 unspecified atom stereocenters. The number of hydrogen-bond donors (Lipinski definition) is 1. The van der Waals surface area contributed by atoms with Gasteiger partial charge in [0, 0.05) is 5.39 Å². The molecule has 3 aromatic rings. The van der Waals surface area contributed by atoms with Gasteiger partial charge in [-0.15, -0.1) is 0 Å². The lowest BCUT2D eigenvalue weighted by Crippen LogP contribution is -2.27. The van der Waals surface area contributed by atoms with Gasteiger partial charge in [-0.3, -0.25) is 9.69 Å². The Bertz CT molecular complexity index is 1210. The highest BCUT2D eigenvalue weighted by Crippen LogP contribution is 2.36. The molecule has 0 spiro atoms. The molecule has 2 aromatic carbocycles. The number of hydrogen-bond acceptors (Lipinski definition) is 6. The second kappa shape index (κ2) is 7.65. The molecule has 1 amide bonds. The molecule has 1 fully saturated rings. The number of aromatic nitrogens is 1. The Morgan fingerprint density at radius 1 is 1.21 bits per heavy atom. The van der Waals surface area contributed by atoms with Crippen molar-refractivity contribution in [1.82, 2.24) is 4.98 Å². The number of aromatic carboxylic acids is 1. The monoisotopic (exact) mass is 422 g/mol. The molecule has 0 atom stereocenters. The van der Waals surface area contributed by atoms with Crippen LogP contribution in [0, 0.1) is 0 Å². The van der Waals surface area contributed by atoms with Crippen LogP contribution in [0.4, 0.5) is 5.69 Å². The molecule has 0 aliphatic carbocycles. The number of thiocarbonyl (C=S) groups is 1. The number of fused-ring (bicyclic) bond motifs is 1. The van der Waals surface area contributed by atoms with Crippen LogP contribution in [-0.2, 0) is 4.79 Å². The number of methoxy groups -OCH3 is 1. The number of rotatable bonds is 4. The number of ether oxygens (including phenoxy) is 1. The lowest BCUT2D eigenvalue weighted by molar-refractivity contribution is -0.113. The minimum absolute atomic E-state index is 0.0900. The van der Waals surface area contributed by atoms with Gasteiger partial charge in [0.1, 0.15) is 5.75 Å². The van der Waals surface area contributed by atoms with Crippen LogP contribution in [-0.4, -0.2) is 33.4 Å². The van der Waals surface area contributed by atoms with E-state index in [-0.39, 0.29) is 11.5 Å². The van der Waals surface area contributed by atoms with Crippen molar-refractivity contribution < 1.29 is 19.4 Å². The summed E-state index contributed by atoms with van der Waals surface area (Å²) in [4.78, 5) is 30.5. The van der Waals surface area contributed by atoms with Gasteiger partial charge < -0.3 is 9.84 Å². The molecule has 0 bridgehead atoms. The minimum Gasteiger partial charge on any atom is -0.497 e. The average Bonchev–Trinajstić information content (AvgIpc) is 3.00. The molecule has 1 aliphatic heterocycles. The highest BCUT2D eigenvalue weighted by atomic mass is 32.2. The van der Waals surface area contributed by atoms with Crippen molar-refractivity contribution >= 4 is 62.8 Å². The molecule has 1 aromatic heterocycles. The van der Waals surface area contributed by atoms with Crippen molar-refractivity contribution in [3.8, 4) is 5.75 Å². The van der Waals surface area contributed by atoms with Gasteiger partial charge >= 0.3 is 5.97 Å². The molecule has 4 rings (SSSR count). The van der Waals surface area contributed by atoms with Crippen molar-refractivity contribution in [1.29, 1.82) is 0 Å². The summed E-state index contributed by atoms with van der Waals surface area (Å²) in [6, 6.07) is 15.4. The normalized spacial score (nSPS) is 15.3. The molecule has 2 heterocycles. The predicted octanol–water partition coefficient (Wildman–Crippen LogP) is 4.35. The number of carbonyl (C=O) groups excluding carboxylic acids is 1. The Labute approximate surface area is 175 Å². The van der Waals surface area contributed by atoms with E-state index >= 15 is 0 Å². The predicted molar refractivity (Wildman–Crippen MR) is 117 cm³/mol. The molecule has 0 saturated carbocycles. The zero-order valence-corrected chi connectivity index (χ0v) is 16.8. The summed E-state index contributed by atoms with van der Waals surface area (Å²) in [5, 5.41) is 10.1. The molecule has 0 radical (unpaired) electrons. The van der Waals surface area contributed by atoms with Gasteiger partial charge in [-0.2, -0.15) is 0 Å². The molecule has 29 heavy (non-hydrogen) atoms. The quantitative estimate of drug-likeness (QED) is 0.495. The van der Waals surface area contributed by atoms with E-state index in [1.165, 1.54) is 17.0 Å². The van der Waals surface area contributed by atoms with E-state index in [1.54, 1.807) is 25.3 Å². The lowest BCUT2D eigenvalue weighted by Gasteiger charge is -2.14. The van der Waals surface area contributed by atoms with Gasteiger partial charge in [-0.1, -0.05) is 36.1 Å². The molecular weight excluding hydrogens is 408 g/mol. The summed E-state index contributed by atoms with van der Waals surface area (Å²) in [5.41, 5.74) is 1.92. The zero-order valence-electron chi connectivity index (χ0n) is 15.2. The maximum Gasteiger partial charge on any atom is 0.335 e. The summed E-state index contributed by atoms with van der Waals surface area (Å²) in [6.45, 7) is 0. The largest absolute Gasteiger partial charge is 0.497 e. The second-order valence-electron chi connectivity index (χ2n) is 6.17. The molecule has 1 saturated heterocycles. The Balaban J connectivity index is 1.66. The molecule has 144 valence electrons. The van der Waals surface area contributed by atoms with Crippen LogP contribution in [0.1, 0.15) is 16.1 Å². The van der Waals surface area contributed by atoms with E-state index in [4.69, 9.17) is 17.0 Å². The number of pyridine rings is 1. The number of amides is 1. The van der Waals surface area contributed by atoms with Crippen LogP contribution in [0.5, 0.6) is 5.75 Å². The van der Waals surface area contributed by atoms with E-state index in [0.717, 1.165) is 28.4 Å². The Kier molecular flexibility index (Phi) is 5.04. The fourth-order valence-corrected chi connectivity index (χ4v) is 4.21. The van der Waals surface area contributed by atoms with Gasteiger partial charge in [0.15, 0.2) is 4.32 Å². The Morgan fingerprint density at radius 2 is 2.03 bits per heavy atom. The van der Waals surface area contributed by atoms with Crippen molar-refractivity contribution in [3.63, 3.8) is 0 Å². The minimum atomic E-state index is -1.06. The molecule has 8 heteroatoms. The number of carboxylic acid groups (broad SMARTS) is 1. The fourth-order valence-electron chi connectivity index (χ4n) is 2.93. The van der Waals surface area contributed by atoms with Gasteiger partial charge in [0.25, 0.3) is 5.91 Å². The van der Waals surface area contributed by atoms with E-state index in [2.05, 4.69) is 4.98 Å². The molecule has 6 nitrogen and oxygen atoms in total. The summed E-state index contributed by atoms with van der Waals surface area (Å²) in [6.07, 6.45) is 1.68. The first kappa shape index (κ1) is 19.1. The van der Waals surface area contributed by atoms with Gasteiger partial charge in [0.2, 0.25) is 0 Å². The van der Waals surface area contributed by atoms with Crippen LogP contribution in [0.2, 0.25) is 0 Å². The summed E-state index contributed by atoms with van der Waals surface area (Å²) in [7, 11) is 1.61. The molecular formula is C21H14N2O4S2. The highest BCUT2D eigenvalue weighted by molar-refractivity contribution is 8.27. The standard InChI is InChI=1S/C21H14N2O4S2/c1-27-16-7-8-17-12(10-16)5-6-14(22-17)11-18-19(24)23(21(28)29-18)15-4-2-3-13(9-15)20(25)26/h2-11H,1H3,(H,25,26)/b18-11-. The summed E-state index contributed by atoms with van der Waals surface area (Å²) >= 11 is 6.51. The summed E-state index contributed by atoms with van der Waals surface area (Å²) < 4.78 is 5.56. The highest BCUT2D eigenvalue weighted by Gasteiger charge is 2.33. The molecule has 1 N–H and O–H groups in total. The fraction of sp³-hybridized carbons (Fsp3) is 0.0476. The SMILES string of the molecule is COc1ccc2nc(/C=C3\SC(=S)N(c4cccc(C(=O)O)c4)C3=O)ccc2c1. The Morgan fingerprint density at radius 3 is 2.79 bits per heavy atom. The van der Waals surface area contributed by atoms with Gasteiger partial charge in [-0.25, -0.2) is 9.78 Å². The number of benzene rings is 2. The average molecular weight is 422 g/mol. The zero-order chi connectivity index (χ0) is 20.5. The van der Waals surface area contributed by atoms with Crippen LogP contribution in [0.25, 0.3) is 17.0 Å². The first-order valence-electron chi connectivity index (χ1n) is 8.52. The van der Waals surface area contributed by atoms with E-state index in [1.807, 2.05) is 30.3 Å². The van der Waals surface area contributed by atoms with Crippen molar-refractivity contribution in [3.05, 3.63) is 70.8 Å². The van der Waals surface area contributed by atoms with Gasteiger partial charge in [-0.05, 0) is 48.5 Å². The first-order valence-corrected chi connectivity index (χ1v) is 9.75. The number of anilines is 1. The van der Waals surface area contributed by atoms with Crippen molar-refractivity contribution in [2.75, 3.05) is 12.0 Å². The number of carboxylic acids is 1. The Hall–Kier alpha value is -3.23. The lowest BCUT2D eigenvalue weighted by atomic mass is 10.2. The van der Waals surface area contributed by atoms with Crippen LogP contribution in [0.3, 0.4) is 0 Å². The maximum atomic E-state index is 12.9. The number of thioether (sulfide) groups is 1.